The van der Waals surface area contributed by atoms with Gasteiger partial charge in [-0.3, -0.25) is 14.5 Å². The van der Waals surface area contributed by atoms with Gasteiger partial charge in [0.2, 0.25) is 5.91 Å². The van der Waals surface area contributed by atoms with Gasteiger partial charge in [0.05, 0.1) is 25.4 Å². The Morgan fingerprint density at radius 2 is 1.57 bits per heavy atom. The molecule has 3 aromatic rings. The molecule has 1 fully saturated rings. The van der Waals surface area contributed by atoms with E-state index in [-0.39, 0.29) is 30.3 Å². The minimum atomic E-state index is -0.164. The van der Waals surface area contributed by atoms with E-state index in [1.165, 1.54) is 0 Å². The molecule has 37 heavy (non-hydrogen) atoms. The topological polar surface area (TPSA) is 74.2 Å². The average molecular weight is 497 g/mol. The number of piperidine rings is 1. The van der Waals surface area contributed by atoms with Crippen LogP contribution >= 0.6 is 0 Å². The van der Waals surface area contributed by atoms with Crippen molar-refractivity contribution >= 4 is 23.2 Å². The van der Waals surface area contributed by atoms with Crippen LogP contribution < -0.4 is 10.1 Å². The number of amides is 2. The van der Waals surface area contributed by atoms with Crippen molar-refractivity contribution in [3.8, 4) is 5.75 Å². The Morgan fingerprint density at radius 3 is 2.22 bits per heavy atom. The molecule has 5 rings (SSSR count). The highest BCUT2D eigenvalue weighted by atomic mass is 16.5. The van der Waals surface area contributed by atoms with Gasteiger partial charge in [0, 0.05) is 18.0 Å². The van der Waals surface area contributed by atoms with Crippen molar-refractivity contribution in [2.75, 3.05) is 32.1 Å². The number of carbonyl (C=O) groups is 2. The van der Waals surface area contributed by atoms with Crippen LogP contribution in [0, 0.1) is 5.92 Å². The van der Waals surface area contributed by atoms with E-state index in [2.05, 4.69) is 10.2 Å². The van der Waals surface area contributed by atoms with Crippen LogP contribution in [0.5, 0.6) is 5.75 Å². The molecule has 2 aliphatic heterocycles. The number of hydrogen-bond acceptors (Lipinski definition) is 5. The summed E-state index contributed by atoms with van der Waals surface area (Å²) in [6, 6.07) is 27.2. The highest BCUT2D eigenvalue weighted by Gasteiger charge is 2.34. The number of rotatable bonds is 7. The Hall–Kier alpha value is -3.97. The van der Waals surface area contributed by atoms with Gasteiger partial charge >= 0.3 is 0 Å². The van der Waals surface area contributed by atoms with Crippen molar-refractivity contribution < 1.29 is 14.3 Å². The van der Waals surface area contributed by atoms with E-state index >= 15 is 0 Å². The Balaban J connectivity index is 1.24. The molecule has 2 aliphatic rings. The maximum absolute atomic E-state index is 13.5. The smallest absolute Gasteiger partial charge is 0.257 e. The number of hydrazone groups is 1. The standard InChI is InChI=1S/C30H32N4O3/c1-37-26-14-12-23(13-15-26)28-20-27(22-8-4-2-5-9-22)32-34(28)29(35)21-33-18-16-24(17-19-33)30(36)31-25-10-6-3-7-11-25/h2-15,24,28H,16-21H2,1H3,(H,31,36). The minimum Gasteiger partial charge on any atom is -0.497 e. The monoisotopic (exact) mass is 496 g/mol. The van der Waals surface area contributed by atoms with Crippen molar-refractivity contribution in [3.05, 3.63) is 96.1 Å². The minimum absolute atomic E-state index is 0.0288. The molecule has 1 N–H and O–H groups in total. The van der Waals surface area contributed by atoms with Crippen LogP contribution in [-0.2, 0) is 9.59 Å². The number of carbonyl (C=O) groups excluding carboxylic acids is 2. The van der Waals surface area contributed by atoms with Crippen LogP contribution in [0.1, 0.15) is 36.4 Å². The highest BCUT2D eigenvalue weighted by Crippen LogP contribution is 2.34. The molecule has 0 aliphatic carbocycles. The van der Waals surface area contributed by atoms with Gasteiger partial charge in [0.25, 0.3) is 5.91 Å². The second-order valence-electron chi connectivity index (χ2n) is 9.55. The largest absolute Gasteiger partial charge is 0.497 e. The number of methoxy groups -OCH3 is 1. The van der Waals surface area contributed by atoms with Crippen molar-refractivity contribution in [2.24, 2.45) is 11.0 Å². The number of nitrogens with one attached hydrogen (secondary N) is 1. The lowest BCUT2D eigenvalue weighted by atomic mass is 9.95. The molecule has 1 unspecified atom stereocenters. The summed E-state index contributed by atoms with van der Waals surface area (Å²) < 4.78 is 5.31. The van der Waals surface area contributed by atoms with Gasteiger partial charge in [-0.1, -0.05) is 60.7 Å². The predicted molar refractivity (Wildman–Crippen MR) is 144 cm³/mol. The van der Waals surface area contributed by atoms with E-state index < -0.39 is 0 Å². The zero-order valence-corrected chi connectivity index (χ0v) is 21.0. The zero-order chi connectivity index (χ0) is 25.6. The number of ether oxygens (including phenoxy) is 1. The molecule has 2 heterocycles. The fraction of sp³-hybridized carbons (Fsp3) is 0.300. The summed E-state index contributed by atoms with van der Waals surface area (Å²) in [6.07, 6.45) is 2.11. The molecule has 0 spiro atoms. The Morgan fingerprint density at radius 1 is 0.919 bits per heavy atom. The van der Waals surface area contributed by atoms with Crippen molar-refractivity contribution in [1.29, 1.82) is 0 Å². The van der Waals surface area contributed by atoms with Crippen LogP contribution in [0.15, 0.2) is 90.0 Å². The molecular weight excluding hydrogens is 464 g/mol. The van der Waals surface area contributed by atoms with Crippen LogP contribution in [0.4, 0.5) is 5.69 Å². The van der Waals surface area contributed by atoms with E-state index in [0.717, 1.165) is 41.1 Å². The van der Waals surface area contributed by atoms with E-state index in [4.69, 9.17) is 9.84 Å². The van der Waals surface area contributed by atoms with Crippen molar-refractivity contribution in [1.82, 2.24) is 9.91 Å². The molecule has 0 saturated carbocycles. The lowest BCUT2D eigenvalue weighted by Gasteiger charge is -2.32. The molecule has 0 bridgehead atoms. The van der Waals surface area contributed by atoms with Gasteiger partial charge in [-0.15, -0.1) is 0 Å². The Kier molecular flexibility index (Phi) is 7.61. The van der Waals surface area contributed by atoms with Crippen LogP contribution in [0.25, 0.3) is 0 Å². The molecular formula is C30H32N4O3. The zero-order valence-electron chi connectivity index (χ0n) is 21.0. The summed E-state index contributed by atoms with van der Waals surface area (Å²) in [5.74, 6) is 0.753. The third-order valence-corrected chi connectivity index (χ3v) is 7.13. The summed E-state index contributed by atoms with van der Waals surface area (Å²) in [4.78, 5) is 28.4. The third kappa shape index (κ3) is 5.89. The second-order valence-corrected chi connectivity index (χ2v) is 9.55. The third-order valence-electron chi connectivity index (χ3n) is 7.13. The lowest BCUT2D eigenvalue weighted by molar-refractivity contribution is -0.134. The number of nitrogens with zero attached hydrogens (tertiary/aromatic N) is 3. The molecule has 0 radical (unpaired) electrons. The number of para-hydroxylation sites is 1. The molecule has 1 saturated heterocycles. The first-order valence-corrected chi connectivity index (χ1v) is 12.8. The van der Waals surface area contributed by atoms with E-state index in [1.807, 2.05) is 84.9 Å². The number of benzene rings is 3. The summed E-state index contributed by atoms with van der Waals surface area (Å²) in [6.45, 7) is 1.69. The van der Waals surface area contributed by atoms with Crippen LogP contribution in [-0.4, -0.2) is 54.2 Å². The summed E-state index contributed by atoms with van der Waals surface area (Å²) in [7, 11) is 1.64. The fourth-order valence-electron chi connectivity index (χ4n) is 5.01. The average Bonchev–Trinajstić information content (AvgIpc) is 3.40. The normalized spacial score (nSPS) is 18.4. The van der Waals surface area contributed by atoms with Gasteiger partial charge in [-0.25, -0.2) is 5.01 Å². The first kappa shape index (κ1) is 24.7. The SMILES string of the molecule is COc1ccc(C2CC(c3ccccc3)=NN2C(=O)CN2CCC(C(=O)Nc3ccccc3)CC2)cc1. The quantitative estimate of drug-likeness (QED) is 0.514. The number of hydrogen-bond donors (Lipinski definition) is 1. The van der Waals surface area contributed by atoms with E-state index in [9.17, 15) is 9.59 Å². The molecule has 3 aromatic carbocycles. The molecule has 0 aromatic heterocycles. The second kappa shape index (κ2) is 11.4. The lowest BCUT2D eigenvalue weighted by Crippen LogP contribution is -2.43. The number of anilines is 1. The molecule has 1 atom stereocenters. The molecule has 7 nitrogen and oxygen atoms in total. The van der Waals surface area contributed by atoms with Crippen LogP contribution in [0.3, 0.4) is 0 Å². The maximum atomic E-state index is 13.5. The first-order valence-electron chi connectivity index (χ1n) is 12.8. The highest BCUT2D eigenvalue weighted by molar-refractivity contribution is 6.03. The molecule has 7 heteroatoms. The fourth-order valence-corrected chi connectivity index (χ4v) is 5.01. The number of likely N-dealkylation sites (tertiary alicyclic amines) is 1. The summed E-state index contributed by atoms with van der Waals surface area (Å²) >= 11 is 0. The van der Waals surface area contributed by atoms with E-state index in [1.54, 1.807) is 12.1 Å². The van der Waals surface area contributed by atoms with Gasteiger partial charge in [0.1, 0.15) is 5.75 Å². The van der Waals surface area contributed by atoms with Crippen molar-refractivity contribution in [2.45, 2.75) is 25.3 Å². The maximum Gasteiger partial charge on any atom is 0.257 e. The van der Waals surface area contributed by atoms with Gasteiger partial charge in [-0.2, -0.15) is 5.10 Å². The first-order chi connectivity index (χ1) is 18.1. The van der Waals surface area contributed by atoms with Crippen LogP contribution in [0.2, 0.25) is 0 Å². The predicted octanol–water partition coefficient (Wildman–Crippen LogP) is 4.72. The Labute approximate surface area is 217 Å². The molecule has 2 amide bonds. The van der Waals surface area contributed by atoms with E-state index in [0.29, 0.717) is 19.5 Å². The summed E-state index contributed by atoms with van der Waals surface area (Å²) in [5.41, 5.74) is 3.78. The van der Waals surface area contributed by atoms with Gasteiger partial charge in [0.15, 0.2) is 0 Å². The molecule has 190 valence electrons. The summed E-state index contributed by atoms with van der Waals surface area (Å²) in [5, 5.41) is 9.45. The van der Waals surface area contributed by atoms with Gasteiger partial charge < -0.3 is 10.1 Å². The van der Waals surface area contributed by atoms with Gasteiger partial charge in [-0.05, 0) is 61.3 Å². The van der Waals surface area contributed by atoms with Crippen molar-refractivity contribution in [3.63, 3.8) is 0 Å². The Bertz CT molecular complexity index is 1240.